The molecule has 0 saturated heterocycles. The molecule has 0 radical (unpaired) electrons. The fourth-order valence-corrected chi connectivity index (χ4v) is 2.05. The van der Waals surface area contributed by atoms with Crippen molar-refractivity contribution in [3.05, 3.63) is 72.9 Å². The first-order valence-corrected chi connectivity index (χ1v) is 9.00. The molecule has 3 heteroatoms. The molecule has 0 aromatic heterocycles. The van der Waals surface area contributed by atoms with Crippen molar-refractivity contribution < 1.29 is 9.90 Å². The molecule has 0 aromatic carbocycles. The number of carboxylic acid groups (broad SMARTS) is 1. The molecule has 0 saturated carbocycles. The van der Waals surface area contributed by atoms with Gasteiger partial charge in [0.25, 0.3) is 0 Å². The number of allylic oxidation sites excluding steroid dienone is 11. The Morgan fingerprint density at radius 3 is 1.64 bits per heavy atom. The van der Waals surface area contributed by atoms with Crippen LogP contribution in [-0.4, -0.2) is 62.5 Å². The number of carbonyl (C=O) groups is 1. The van der Waals surface area contributed by atoms with Gasteiger partial charge < -0.3 is 5.11 Å². The summed E-state index contributed by atoms with van der Waals surface area (Å²) in [6.45, 7) is 2.25. The van der Waals surface area contributed by atoms with Gasteiger partial charge in [-0.05, 0) is 12.8 Å². The van der Waals surface area contributed by atoms with Gasteiger partial charge in [0.2, 0.25) is 0 Å². The number of unbranched alkanes of at least 4 members (excludes halogenated alkanes) is 7. The van der Waals surface area contributed by atoms with Gasteiger partial charge in [-0.2, -0.15) is 0 Å². The second kappa shape index (κ2) is 23.5. The van der Waals surface area contributed by atoms with Crippen molar-refractivity contribution in [1.29, 1.82) is 0 Å². The standard InChI is InChI=1S/C22H32O2.K.H/c1-2-3-4-5-6-7-8-9-10-11-12-13-14-15-16-17-18-19-20-21-22(23)24;;/h10-21H,2-9H2,1H3,(H,23,24);;. The van der Waals surface area contributed by atoms with E-state index in [1.807, 2.05) is 36.5 Å². The van der Waals surface area contributed by atoms with Gasteiger partial charge in [0.15, 0.2) is 0 Å². The van der Waals surface area contributed by atoms with E-state index in [1.54, 1.807) is 12.2 Å². The number of aliphatic carboxylic acids is 1. The molecule has 0 rings (SSSR count). The molecule has 0 amide bonds. The van der Waals surface area contributed by atoms with Crippen LogP contribution in [0, 0.1) is 0 Å². The maximum absolute atomic E-state index is 10.2. The minimum absolute atomic E-state index is 0. The minimum atomic E-state index is -0.936. The van der Waals surface area contributed by atoms with Crippen molar-refractivity contribution in [3.63, 3.8) is 0 Å². The molecular weight excluding hydrogens is 335 g/mol. The Bertz CT molecular complexity index is 468. The summed E-state index contributed by atoms with van der Waals surface area (Å²) in [6, 6.07) is 0. The van der Waals surface area contributed by atoms with Crippen LogP contribution in [0.15, 0.2) is 72.9 Å². The predicted octanol–water partition coefficient (Wildman–Crippen LogP) is 5.90. The van der Waals surface area contributed by atoms with Crippen LogP contribution in [0.4, 0.5) is 0 Å². The molecule has 1 N–H and O–H groups in total. The molecule has 0 aromatic rings. The van der Waals surface area contributed by atoms with Crippen LogP contribution in [-0.2, 0) is 4.79 Å². The molecule has 0 bridgehead atoms. The van der Waals surface area contributed by atoms with Crippen molar-refractivity contribution in [1.82, 2.24) is 0 Å². The zero-order chi connectivity index (χ0) is 17.7. The zero-order valence-corrected chi connectivity index (χ0v) is 14.9. The molecule has 0 unspecified atom stereocenters. The first-order valence-electron chi connectivity index (χ1n) is 9.00. The number of hydrogen-bond acceptors (Lipinski definition) is 1. The summed E-state index contributed by atoms with van der Waals surface area (Å²) >= 11 is 0. The van der Waals surface area contributed by atoms with Crippen LogP contribution in [0.2, 0.25) is 0 Å². The third-order valence-corrected chi connectivity index (χ3v) is 3.35. The van der Waals surface area contributed by atoms with Gasteiger partial charge in [-0.3, -0.25) is 0 Å². The van der Waals surface area contributed by atoms with E-state index < -0.39 is 5.97 Å². The van der Waals surface area contributed by atoms with E-state index in [0.717, 1.165) is 12.5 Å². The van der Waals surface area contributed by atoms with E-state index >= 15 is 0 Å². The fraction of sp³-hybridized carbons (Fsp3) is 0.409. The summed E-state index contributed by atoms with van der Waals surface area (Å²) in [5.41, 5.74) is 0. The first-order chi connectivity index (χ1) is 11.8. The molecule has 25 heavy (non-hydrogen) atoms. The number of carboxylic acids is 1. The Morgan fingerprint density at radius 1 is 0.680 bits per heavy atom. The van der Waals surface area contributed by atoms with Crippen LogP contribution in [0.25, 0.3) is 0 Å². The Hall–Kier alpha value is -0.454. The topological polar surface area (TPSA) is 37.3 Å². The number of hydrogen-bond donors (Lipinski definition) is 1. The van der Waals surface area contributed by atoms with E-state index in [-0.39, 0.29) is 51.4 Å². The van der Waals surface area contributed by atoms with Crippen molar-refractivity contribution in [2.75, 3.05) is 0 Å². The molecule has 0 heterocycles. The second-order valence-corrected chi connectivity index (χ2v) is 5.58. The molecule has 0 fully saturated rings. The molecule has 0 aliphatic heterocycles. The monoisotopic (exact) mass is 368 g/mol. The molecule has 0 atom stereocenters. The predicted molar refractivity (Wildman–Crippen MR) is 112 cm³/mol. The fourth-order valence-electron chi connectivity index (χ4n) is 2.05. The number of rotatable bonds is 14. The summed E-state index contributed by atoms with van der Waals surface area (Å²) < 4.78 is 0. The molecule has 0 aliphatic carbocycles. The Balaban J connectivity index is 0. The van der Waals surface area contributed by atoms with Crippen molar-refractivity contribution >= 4 is 57.4 Å². The van der Waals surface area contributed by atoms with Gasteiger partial charge in [-0.15, -0.1) is 0 Å². The first kappa shape index (κ1) is 26.8. The van der Waals surface area contributed by atoms with Crippen LogP contribution < -0.4 is 0 Å². The van der Waals surface area contributed by atoms with Gasteiger partial charge in [-0.1, -0.05) is 112 Å². The summed E-state index contributed by atoms with van der Waals surface area (Å²) in [5.74, 6) is -0.936. The SMILES string of the molecule is CCCCCCCCCC=CC=CC=CC=CC=CC=CC(=O)O.[KH]. The van der Waals surface area contributed by atoms with E-state index in [4.69, 9.17) is 5.11 Å². The molecule has 134 valence electrons. The zero-order valence-electron chi connectivity index (χ0n) is 14.9. The molecular formula is C22H33KO2. The van der Waals surface area contributed by atoms with E-state index in [9.17, 15) is 4.79 Å². The summed E-state index contributed by atoms with van der Waals surface area (Å²) in [4.78, 5) is 10.2. The second-order valence-electron chi connectivity index (χ2n) is 5.58. The van der Waals surface area contributed by atoms with Crippen molar-refractivity contribution in [2.45, 2.75) is 58.3 Å². The third-order valence-electron chi connectivity index (χ3n) is 3.35. The van der Waals surface area contributed by atoms with E-state index in [0.29, 0.717) is 0 Å². The van der Waals surface area contributed by atoms with Crippen molar-refractivity contribution in [2.24, 2.45) is 0 Å². The van der Waals surface area contributed by atoms with Crippen LogP contribution in [0.1, 0.15) is 58.3 Å². The maximum atomic E-state index is 10.2. The average Bonchev–Trinajstić information content (AvgIpc) is 2.56. The third kappa shape index (κ3) is 25.9. The van der Waals surface area contributed by atoms with Gasteiger partial charge in [0.1, 0.15) is 0 Å². The van der Waals surface area contributed by atoms with E-state index in [1.165, 1.54) is 51.0 Å². The average molecular weight is 369 g/mol. The molecule has 0 aliphatic rings. The summed E-state index contributed by atoms with van der Waals surface area (Å²) in [6.07, 6.45) is 32.7. The molecule has 2 nitrogen and oxygen atoms in total. The summed E-state index contributed by atoms with van der Waals surface area (Å²) in [7, 11) is 0. The quantitative estimate of drug-likeness (QED) is 0.179. The molecule has 0 spiro atoms. The Labute approximate surface area is 196 Å². The van der Waals surface area contributed by atoms with Gasteiger partial charge in [-0.25, -0.2) is 4.79 Å². The van der Waals surface area contributed by atoms with Gasteiger partial charge in [0, 0.05) is 6.08 Å². The van der Waals surface area contributed by atoms with Crippen LogP contribution in [0.3, 0.4) is 0 Å². The summed E-state index contributed by atoms with van der Waals surface area (Å²) in [5, 5.41) is 8.39. The Kier molecular flexibility index (Phi) is 25.2. The van der Waals surface area contributed by atoms with Crippen molar-refractivity contribution in [3.8, 4) is 0 Å². The van der Waals surface area contributed by atoms with Gasteiger partial charge in [0.05, 0.1) is 0 Å². The van der Waals surface area contributed by atoms with E-state index in [2.05, 4.69) is 19.1 Å². The van der Waals surface area contributed by atoms with Gasteiger partial charge >= 0.3 is 57.4 Å². The van der Waals surface area contributed by atoms with Crippen LogP contribution >= 0.6 is 0 Å². The normalized spacial score (nSPS) is 12.5. The van der Waals surface area contributed by atoms with Crippen LogP contribution in [0.5, 0.6) is 0 Å². The Morgan fingerprint density at radius 2 is 1.12 bits per heavy atom.